The number of hydrogen-bond donors (Lipinski definition) is 0. The van der Waals surface area contributed by atoms with E-state index < -0.39 is 0 Å². The Labute approximate surface area is 145 Å². The first kappa shape index (κ1) is 15.6. The van der Waals surface area contributed by atoms with Crippen molar-refractivity contribution < 1.29 is 9.53 Å². The predicted molar refractivity (Wildman–Crippen MR) is 91.5 cm³/mol. The van der Waals surface area contributed by atoms with Crippen molar-refractivity contribution in [2.45, 2.75) is 25.9 Å². The van der Waals surface area contributed by atoms with Crippen molar-refractivity contribution in [2.24, 2.45) is 0 Å². The van der Waals surface area contributed by atoms with Gasteiger partial charge in [-0.05, 0) is 38.0 Å². The number of pyridine rings is 1. The summed E-state index contributed by atoms with van der Waals surface area (Å²) in [7, 11) is 0. The lowest BCUT2D eigenvalue weighted by molar-refractivity contribution is 0.0519. The average Bonchev–Trinajstić information content (AvgIpc) is 2.98. The molecular formula is C18H19N5O2. The van der Waals surface area contributed by atoms with Crippen molar-refractivity contribution in [1.29, 1.82) is 0 Å². The lowest BCUT2D eigenvalue weighted by Gasteiger charge is -2.32. The molecule has 0 radical (unpaired) electrons. The Morgan fingerprint density at radius 2 is 2.20 bits per heavy atom. The van der Waals surface area contributed by atoms with Gasteiger partial charge in [0.25, 0.3) is 5.91 Å². The molecule has 4 rings (SSSR count). The van der Waals surface area contributed by atoms with Gasteiger partial charge in [0.2, 0.25) is 5.88 Å². The molecule has 1 unspecified atom stereocenters. The summed E-state index contributed by atoms with van der Waals surface area (Å²) in [6.07, 6.45) is 5.20. The van der Waals surface area contributed by atoms with Crippen molar-refractivity contribution in [2.75, 3.05) is 13.1 Å². The number of aromatic nitrogens is 4. The number of nitrogens with zero attached hydrogens (tertiary/aromatic N) is 5. The highest BCUT2D eigenvalue weighted by Crippen LogP contribution is 2.20. The molecule has 1 amide bonds. The van der Waals surface area contributed by atoms with Crippen LogP contribution < -0.4 is 4.74 Å². The van der Waals surface area contributed by atoms with E-state index in [0.717, 1.165) is 30.7 Å². The second kappa shape index (κ2) is 6.51. The molecule has 3 aromatic heterocycles. The Morgan fingerprint density at radius 3 is 3.04 bits per heavy atom. The SMILES string of the molecule is Cc1nc2ccccn2c1C(=O)N1CCCC(Oc2cccnn2)C1. The van der Waals surface area contributed by atoms with E-state index in [9.17, 15) is 4.79 Å². The smallest absolute Gasteiger partial charge is 0.272 e. The second-order valence-corrected chi connectivity index (χ2v) is 6.17. The lowest BCUT2D eigenvalue weighted by Crippen LogP contribution is -2.45. The van der Waals surface area contributed by atoms with Gasteiger partial charge < -0.3 is 9.64 Å². The summed E-state index contributed by atoms with van der Waals surface area (Å²) in [5.41, 5.74) is 2.15. The fourth-order valence-electron chi connectivity index (χ4n) is 3.26. The molecule has 0 aromatic carbocycles. The molecule has 3 aromatic rings. The van der Waals surface area contributed by atoms with Crippen LogP contribution in [-0.2, 0) is 0 Å². The van der Waals surface area contributed by atoms with Crippen LogP contribution in [0.1, 0.15) is 29.0 Å². The first-order valence-electron chi connectivity index (χ1n) is 8.39. The van der Waals surface area contributed by atoms with E-state index in [2.05, 4.69) is 15.2 Å². The van der Waals surface area contributed by atoms with Gasteiger partial charge in [-0.25, -0.2) is 4.98 Å². The van der Waals surface area contributed by atoms with Gasteiger partial charge in [-0.1, -0.05) is 6.07 Å². The molecule has 7 heteroatoms. The molecule has 1 atom stereocenters. The fraction of sp³-hybridized carbons (Fsp3) is 0.333. The number of aryl methyl sites for hydroxylation is 1. The van der Waals surface area contributed by atoms with Gasteiger partial charge in [0.1, 0.15) is 17.4 Å². The number of piperidine rings is 1. The summed E-state index contributed by atoms with van der Waals surface area (Å²) in [6, 6.07) is 9.29. The topological polar surface area (TPSA) is 72.6 Å². The van der Waals surface area contributed by atoms with Crippen LogP contribution in [0.2, 0.25) is 0 Å². The quantitative estimate of drug-likeness (QED) is 0.732. The van der Waals surface area contributed by atoms with Crippen LogP contribution >= 0.6 is 0 Å². The van der Waals surface area contributed by atoms with Crippen LogP contribution in [0, 0.1) is 6.92 Å². The summed E-state index contributed by atoms with van der Waals surface area (Å²) in [4.78, 5) is 19.4. The van der Waals surface area contributed by atoms with Crippen molar-refractivity contribution in [3.63, 3.8) is 0 Å². The van der Waals surface area contributed by atoms with Crippen LogP contribution in [0.3, 0.4) is 0 Å². The Balaban J connectivity index is 1.54. The van der Waals surface area contributed by atoms with Crippen LogP contribution in [0.15, 0.2) is 42.7 Å². The van der Waals surface area contributed by atoms with Gasteiger partial charge in [0.15, 0.2) is 0 Å². The average molecular weight is 337 g/mol. The van der Waals surface area contributed by atoms with Crippen LogP contribution in [0.5, 0.6) is 5.88 Å². The van der Waals surface area contributed by atoms with E-state index in [1.54, 1.807) is 18.3 Å². The molecule has 128 valence electrons. The molecule has 25 heavy (non-hydrogen) atoms. The van der Waals surface area contributed by atoms with Crippen molar-refractivity contribution in [3.8, 4) is 5.88 Å². The molecule has 7 nitrogen and oxygen atoms in total. The van der Waals surface area contributed by atoms with E-state index in [1.165, 1.54) is 0 Å². The molecule has 0 N–H and O–H groups in total. The summed E-state index contributed by atoms with van der Waals surface area (Å²) >= 11 is 0. The first-order chi connectivity index (χ1) is 12.2. The van der Waals surface area contributed by atoms with Crippen LogP contribution in [-0.4, -0.2) is 49.6 Å². The molecular weight excluding hydrogens is 318 g/mol. The number of rotatable bonds is 3. The predicted octanol–water partition coefficient (Wildman–Crippen LogP) is 2.12. The normalized spacial score (nSPS) is 17.6. The third-order valence-electron chi connectivity index (χ3n) is 4.41. The molecule has 1 saturated heterocycles. The zero-order chi connectivity index (χ0) is 17.2. The molecule has 1 fully saturated rings. The zero-order valence-electron chi connectivity index (χ0n) is 14.0. The summed E-state index contributed by atoms with van der Waals surface area (Å²) in [6.45, 7) is 3.13. The van der Waals surface area contributed by atoms with Gasteiger partial charge in [0, 0.05) is 25.0 Å². The number of ether oxygens (including phenoxy) is 1. The number of carbonyl (C=O) groups excluding carboxylic acids is 1. The fourth-order valence-corrected chi connectivity index (χ4v) is 3.26. The third kappa shape index (κ3) is 3.05. The van der Waals surface area contributed by atoms with Gasteiger partial charge in [-0.15, -0.1) is 5.10 Å². The molecule has 0 spiro atoms. The van der Waals surface area contributed by atoms with Crippen molar-refractivity contribution in [1.82, 2.24) is 24.5 Å². The highest BCUT2D eigenvalue weighted by molar-refractivity contribution is 5.94. The van der Waals surface area contributed by atoms with E-state index in [-0.39, 0.29) is 12.0 Å². The maximum Gasteiger partial charge on any atom is 0.272 e. The van der Waals surface area contributed by atoms with Gasteiger partial charge in [0.05, 0.1) is 12.2 Å². The van der Waals surface area contributed by atoms with Crippen molar-refractivity contribution >= 4 is 11.6 Å². The maximum absolute atomic E-state index is 13.1. The Morgan fingerprint density at radius 1 is 1.28 bits per heavy atom. The van der Waals surface area contributed by atoms with Gasteiger partial charge >= 0.3 is 0 Å². The molecule has 0 bridgehead atoms. The second-order valence-electron chi connectivity index (χ2n) is 6.17. The molecule has 1 aliphatic heterocycles. The number of fused-ring (bicyclic) bond motifs is 1. The van der Waals surface area contributed by atoms with E-state index in [0.29, 0.717) is 18.1 Å². The van der Waals surface area contributed by atoms with E-state index >= 15 is 0 Å². The minimum Gasteiger partial charge on any atom is -0.471 e. The largest absolute Gasteiger partial charge is 0.471 e. The lowest BCUT2D eigenvalue weighted by atomic mass is 10.1. The zero-order valence-corrected chi connectivity index (χ0v) is 14.0. The van der Waals surface area contributed by atoms with Crippen LogP contribution in [0.4, 0.5) is 0 Å². The minimum atomic E-state index is -0.0751. The summed E-state index contributed by atoms with van der Waals surface area (Å²) in [5, 5.41) is 7.78. The highest BCUT2D eigenvalue weighted by Gasteiger charge is 2.28. The number of carbonyl (C=O) groups is 1. The van der Waals surface area contributed by atoms with Crippen molar-refractivity contribution in [3.05, 3.63) is 54.1 Å². The molecule has 0 aliphatic carbocycles. The molecule has 0 saturated carbocycles. The maximum atomic E-state index is 13.1. The Kier molecular flexibility index (Phi) is 4.05. The monoisotopic (exact) mass is 337 g/mol. The van der Waals surface area contributed by atoms with E-state index in [1.807, 2.05) is 40.6 Å². The minimum absolute atomic E-state index is 0.0105. The standard InChI is InChI=1S/C18H19N5O2/c1-13-17(23-11-3-2-7-15(23)20-13)18(24)22-10-5-6-14(12-22)25-16-8-4-9-19-21-16/h2-4,7-9,11,14H,5-6,10,12H2,1H3. The molecule has 4 heterocycles. The molecule has 1 aliphatic rings. The van der Waals surface area contributed by atoms with Gasteiger partial charge in [-0.3, -0.25) is 9.20 Å². The number of imidazole rings is 1. The number of amides is 1. The Bertz CT molecular complexity index is 893. The van der Waals surface area contributed by atoms with Gasteiger partial charge in [-0.2, -0.15) is 5.10 Å². The van der Waals surface area contributed by atoms with Crippen LogP contribution in [0.25, 0.3) is 5.65 Å². The van der Waals surface area contributed by atoms with E-state index in [4.69, 9.17) is 4.74 Å². The summed E-state index contributed by atoms with van der Waals surface area (Å²) < 4.78 is 7.73. The number of hydrogen-bond acceptors (Lipinski definition) is 5. The summed E-state index contributed by atoms with van der Waals surface area (Å²) in [5.74, 6) is 0.483. The third-order valence-corrected chi connectivity index (χ3v) is 4.41. The Hall–Kier alpha value is -2.96. The first-order valence-corrected chi connectivity index (χ1v) is 8.39. The highest BCUT2D eigenvalue weighted by atomic mass is 16.5. The number of likely N-dealkylation sites (tertiary alicyclic amines) is 1.